The van der Waals surface area contributed by atoms with Crippen LogP contribution < -0.4 is 0 Å². The zero-order chi connectivity index (χ0) is 10.4. The molecule has 1 heterocycles. The van der Waals surface area contributed by atoms with Gasteiger partial charge in [-0.25, -0.2) is 13.2 Å². The van der Waals surface area contributed by atoms with Crippen LogP contribution in [0.3, 0.4) is 0 Å². The monoisotopic (exact) mass is 213 g/mol. The fourth-order valence-corrected chi connectivity index (χ4v) is 3.31. The highest BCUT2D eigenvalue weighted by atomic mass is 32.2. The Morgan fingerprint density at radius 1 is 1.43 bits per heavy atom. The van der Waals surface area contributed by atoms with E-state index in [1.54, 1.807) is 0 Å². The van der Waals surface area contributed by atoms with Gasteiger partial charge in [0.25, 0.3) is 0 Å². The van der Waals surface area contributed by atoms with Crippen molar-refractivity contribution >= 4 is 15.9 Å². The molecule has 5 heteroatoms. The third-order valence-corrected chi connectivity index (χ3v) is 4.02. The van der Waals surface area contributed by atoms with Gasteiger partial charge in [0.15, 0.2) is 9.84 Å². The largest absolute Gasteiger partial charge is 0.249 e. The first kappa shape index (κ1) is 11.0. The van der Waals surface area contributed by atoms with Gasteiger partial charge in [-0.15, -0.1) is 4.99 Å². The second-order valence-electron chi connectivity index (χ2n) is 3.32. The van der Waals surface area contributed by atoms with Crippen LogP contribution in [0.4, 0.5) is 0 Å². The van der Waals surface area contributed by atoms with Gasteiger partial charge in [-0.05, 0) is 18.8 Å². The third kappa shape index (κ3) is 3.73. The highest BCUT2D eigenvalue weighted by molar-refractivity contribution is 7.91. The lowest BCUT2D eigenvalue weighted by Crippen LogP contribution is -2.24. The van der Waals surface area contributed by atoms with E-state index in [1.807, 2.05) is 0 Å². The van der Waals surface area contributed by atoms with Gasteiger partial charge in [0, 0.05) is 12.5 Å². The Hall–Kier alpha value is -1.11. The van der Waals surface area contributed by atoms with E-state index in [0.29, 0.717) is 18.6 Å². The number of hydrogen-bond donors (Lipinski definition) is 0. The fourth-order valence-electron chi connectivity index (χ4n) is 1.53. The normalized spacial score (nSPS) is 24.1. The summed E-state index contributed by atoms with van der Waals surface area (Å²) in [6.07, 6.45) is 3.40. The Bertz CT molecular complexity index is 396. The van der Waals surface area contributed by atoms with Crippen LogP contribution in [0.1, 0.15) is 19.3 Å². The summed E-state index contributed by atoms with van der Waals surface area (Å²) in [4.78, 5) is 12.7. The van der Waals surface area contributed by atoms with E-state index in [1.165, 1.54) is 6.08 Å². The van der Waals surface area contributed by atoms with Crippen LogP contribution in [-0.2, 0) is 14.6 Å². The molecule has 0 amide bonds. The predicted octanol–water partition coefficient (Wildman–Crippen LogP) is 0.498. The molecule has 0 aromatic heterocycles. The van der Waals surface area contributed by atoms with Gasteiger partial charge in [-0.2, -0.15) is 0 Å². The fraction of sp³-hybridized carbons (Fsp3) is 0.667. The van der Waals surface area contributed by atoms with Crippen molar-refractivity contribution in [3.8, 4) is 12.0 Å². The molecule has 1 saturated heterocycles. The third-order valence-electron chi connectivity index (χ3n) is 2.13. The van der Waals surface area contributed by atoms with Crippen molar-refractivity contribution in [1.82, 2.24) is 0 Å². The van der Waals surface area contributed by atoms with Gasteiger partial charge in [-0.1, -0.05) is 5.92 Å². The van der Waals surface area contributed by atoms with Crippen LogP contribution >= 0.6 is 0 Å². The summed E-state index contributed by atoms with van der Waals surface area (Å²) in [5.41, 5.74) is 0. The first-order valence-corrected chi connectivity index (χ1v) is 6.21. The van der Waals surface area contributed by atoms with Crippen LogP contribution in [0.5, 0.6) is 0 Å². The van der Waals surface area contributed by atoms with E-state index in [0.717, 1.165) is 6.42 Å². The first-order chi connectivity index (χ1) is 6.64. The van der Waals surface area contributed by atoms with Gasteiger partial charge in [0.2, 0.25) is 6.08 Å². The minimum absolute atomic E-state index is 0.100. The predicted molar refractivity (Wildman–Crippen MR) is 51.9 cm³/mol. The smallest absolute Gasteiger partial charge is 0.229 e. The number of nitrogens with zero attached hydrogens (tertiary/aromatic N) is 1. The average Bonchev–Trinajstić information content (AvgIpc) is 2.11. The lowest BCUT2D eigenvalue weighted by Gasteiger charge is -2.19. The number of aliphatic imine (C=N–C) groups is 1. The minimum Gasteiger partial charge on any atom is -0.229 e. The Labute approximate surface area is 83.3 Å². The quantitative estimate of drug-likeness (QED) is 0.362. The average molecular weight is 213 g/mol. The van der Waals surface area contributed by atoms with E-state index in [9.17, 15) is 13.2 Å². The standard InChI is InChI=1S/C9H11NO3S/c11-8-10-5-1-3-9-4-2-6-14(12,13)7-9/h9H,2-4,6-7H2. The number of sulfone groups is 1. The maximum atomic E-state index is 11.2. The molecule has 1 aliphatic rings. The second-order valence-corrected chi connectivity index (χ2v) is 5.55. The van der Waals surface area contributed by atoms with Gasteiger partial charge in [0.05, 0.1) is 11.5 Å². The van der Waals surface area contributed by atoms with Crippen molar-refractivity contribution in [2.45, 2.75) is 19.3 Å². The molecule has 1 fully saturated rings. The highest BCUT2D eigenvalue weighted by Gasteiger charge is 2.23. The van der Waals surface area contributed by atoms with E-state index in [4.69, 9.17) is 0 Å². The van der Waals surface area contributed by atoms with Crippen molar-refractivity contribution in [3.63, 3.8) is 0 Å². The Morgan fingerprint density at radius 2 is 2.21 bits per heavy atom. The summed E-state index contributed by atoms with van der Waals surface area (Å²) in [6.45, 7) is 0. The summed E-state index contributed by atoms with van der Waals surface area (Å²) in [5.74, 6) is 3.26. The number of isocyanates is 1. The second kappa shape index (κ2) is 4.94. The van der Waals surface area contributed by atoms with Crippen molar-refractivity contribution in [1.29, 1.82) is 0 Å². The topological polar surface area (TPSA) is 63.6 Å². The minimum atomic E-state index is -2.85. The van der Waals surface area contributed by atoms with Crippen molar-refractivity contribution in [3.05, 3.63) is 0 Å². The van der Waals surface area contributed by atoms with Crippen molar-refractivity contribution < 1.29 is 13.2 Å². The van der Waals surface area contributed by atoms with Crippen molar-refractivity contribution in [2.75, 3.05) is 11.5 Å². The molecule has 0 aromatic carbocycles. The Kier molecular flexibility index (Phi) is 3.87. The molecule has 14 heavy (non-hydrogen) atoms. The molecule has 0 bridgehead atoms. The summed E-state index contributed by atoms with van der Waals surface area (Å²) in [6, 6.07) is 2.27. The Balaban J connectivity index is 2.47. The van der Waals surface area contributed by atoms with Gasteiger partial charge >= 0.3 is 0 Å². The van der Waals surface area contributed by atoms with Crippen LogP contribution in [0, 0.1) is 17.9 Å². The molecule has 0 N–H and O–H groups in total. The maximum Gasteiger partial charge on any atom is 0.249 e. The molecule has 0 aliphatic carbocycles. The summed E-state index contributed by atoms with van der Waals surface area (Å²) >= 11 is 0. The maximum absolute atomic E-state index is 11.2. The molecule has 4 nitrogen and oxygen atoms in total. The molecule has 76 valence electrons. The molecule has 1 aliphatic heterocycles. The molecule has 0 saturated carbocycles. The van der Waals surface area contributed by atoms with Crippen molar-refractivity contribution in [2.24, 2.45) is 10.9 Å². The molecule has 1 unspecified atom stereocenters. The number of rotatable bonds is 1. The molecule has 0 aromatic rings. The lowest BCUT2D eigenvalue weighted by molar-refractivity contribution is 0.494. The zero-order valence-corrected chi connectivity index (χ0v) is 8.51. The summed E-state index contributed by atoms with van der Waals surface area (Å²) in [5, 5.41) is 0. The van der Waals surface area contributed by atoms with Gasteiger partial charge < -0.3 is 0 Å². The number of hydrogen-bond acceptors (Lipinski definition) is 4. The van der Waals surface area contributed by atoms with E-state index < -0.39 is 9.84 Å². The molecule has 0 spiro atoms. The lowest BCUT2D eigenvalue weighted by atomic mass is 10.0. The van der Waals surface area contributed by atoms with Gasteiger partial charge in [0.1, 0.15) is 0 Å². The molecule has 0 radical (unpaired) electrons. The molecule has 1 atom stereocenters. The summed E-state index contributed by atoms with van der Waals surface area (Å²) < 4.78 is 22.4. The SMILES string of the molecule is O=C=NC#CCC1CCCS(=O)(=O)C1. The van der Waals surface area contributed by atoms with Crippen LogP contribution in [0.25, 0.3) is 0 Å². The molecule has 1 rings (SSSR count). The number of carbonyl (C=O) groups excluding carboxylic acids is 1. The first-order valence-electron chi connectivity index (χ1n) is 4.39. The highest BCUT2D eigenvalue weighted by Crippen LogP contribution is 2.20. The van der Waals surface area contributed by atoms with Gasteiger partial charge in [-0.3, -0.25) is 0 Å². The molecular weight excluding hydrogens is 202 g/mol. The Morgan fingerprint density at radius 3 is 2.86 bits per heavy atom. The van der Waals surface area contributed by atoms with Crippen LogP contribution in [-0.4, -0.2) is 26.0 Å². The zero-order valence-electron chi connectivity index (χ0n) is 7.69. The van der Waals surface area contributed by atoms with Crippen LogP contribution in [0.15, 0.2) is 4.99 Å². The summed E-state index contributed by atoms with van der Waals surface area (Å²) in [7, 11) is -2.85. The van der Waals surface area contributed by atoms with Crippen LogP contribution in [0.2, 0.25) is 0 Å². The van der Waals surface area contributed by atoms with E-state index in [2.05, 4.69) is 17.0 Å². The molecular formula is C9H11NO3S. The van der Waals surface area contributed by atoms with E-state index in [-0.39, 0.29) is 11.7 Å². The van der Waals surface area contributed by atoms with E-state index >= 15 is 0 Å².